The Morgan fingerprint density at radius 1 is 1.21 bits per heavy atom. The van der Waals surface area contributed by atoms with Crippen LogP contribution in [0.1, 0.15) is 35.4 Å². The second kappa shape index (κ2) is 7.89. The third kappa shape index (κ3) is 4.28. The van der Waals surface area contributed by atoms with Gasteiger partial charge in [0.1, 0.15) is 18.1 Å². The molecule has 1 aliphatic carbocycles. The minimum atomic E-state index is -0.781. The zero-order valence-corrected chi connectivity index (χ0v) is 16.8. The van der Waals surface area contributed by atoms with Crippen LogP contribution in [0.4, 0.5) is 0 Å². The monoisotopic (exact) mass is 398 g/mol. The molecule has 4 rings (SSSR count). The highest BCUT2D eigenvalue weighted by Gasteiger charge is 2.46. The number of carbonyl (C=O) groups excluding carboxylic acids is 1. The average Bonchev–Trinajstić information content (AvgIpc) is 3.36. The van der Waals surface area contributed by atoms with Gasteiger partial charge in [-0.05, 0) is 56.2 Å². The van der Waals surface area contributed by atoms with Gasteiger partial charge in [0.15, 0.2) is 0 Å². The van der Waals surface area contributed by atoms with Crippen LogP contribution in [0.3, 0.4) is 0 Å². The van der Waals surface area contributed by atoms with Crippen LogP contribution < -0.4 is 4.74 Å². The highest BCUT2D eigenvalue weighted by atomic mass is 16.5. The van der Waals surface area contributed by atoms with Crippen molar-refractivity contribution in [2.75, 3.05) is 13.1 Å². The fraction of sp³-hybridized carbons (Fsp3) is 0.500. The Kier molecular flexibility index (Phi) is 5.30. The van der Waals surface area contributed by atoms with Crippen molar-refractivity contribution >= 4 is 11.9 Å². The molecule has 0 radical (unpaired) electrons. The topological polar surface area (TPSA) is 92.9 Å². The lowest BCUT2D eigenvalue weighted by molar-refractivity contribution is -0.142. The van der Waals surface area contributed by atoms with E-state index in [-0.39, 0.29) is 18.2 Å². The molecule has 154 valence electrons. The van der Waals surface area contributed by atoms with Crippen molar-refractivity contribution in [2.45, 2.75) is 39.7 Å². The number of aliphatic carboxylic acids is 1. The maximum Gasteiger partial charge on any atom is 0.308 e. The van der Waals surface area contributed by atoms with Crippen LogP contribution in [-0.4, -0.2) is 40.1 Å². The number of carboxylic acid groups (broad SMARTS) is 1. The van der Waals surface area contributed by atoms with Crippen LogP contribution in [0.2, 0.25) is 0 Å². The Balaban J connectivity index is 1.32. The van der Waals surface area contributed by atoms with E-state index in [1.165, 1.54) is 0 Å². The van der Waals surface area contributed by atoms with Crippen LogP contribution in [0.15, 0.2) is 28.8 Å². The van der Waals surface area contributed by atoms with Gasteiger partial charge in [0.2, 0.25) is 5.91 Å². The quantitative estimate of drug-likeness (QED) is 0.771. The van der Waals surface area contributed by atoms with Crippen molar-refractivity contribution < 1.29 is 24.0 Å². The lowest BCUT2D eigenvalue weighted by atomic mass is 9.92. The van der Waals surface area contributed by atoms with Crippen LogP contribution in [0, 0.1) is 31.6 Å². The molecule has 7 heteroatoms. The summed E-state index contributed by atoms with van der Waals surface area (Å²) in [5.41, 5.74) is 2.65. The van der Waals surface area contributed by atoms with Gasteiger partial charge in [0.25, 0.3) is 0 Å². The second-order valence-corrected chi connectivity index (χ2v) is 8.16. The summed E-state index contributed by atoms with van der Waals surface area (Å²) < 4.78 is 10.9. The van der Waals surface area contributed by atoms with Crippen molar-refractivity contribution in [1.82, 2.24) is 10.1 Å². The molecule has 2 heterocycles. The van der Waals surface area contributed by atoms with Crippen LogP contribution >= 0.6 is 0 Å². The van der Waals surface area contributed by atoms with E-state index in [1.807, 2.05) is 38.1 Å². The summed E-state index contributed by atoms with van der Waals surface area (Å²) in [5.74, 6) is 0.827. The summed E-state index contributed by atoms with van der Waals surface area (Å²) in [5, 5.41) is 13.4. The van der Waals surface area contributed by atoms with E-state index in [1.54, 1.807) is 4.90 Å². The maximum atomic E-state index is 12.7. The average molecular weight is 398 g/mol. The number of hydrogen-bond acceptors (Lipinski definition) is 5. The molecule has 1 saturated heterocycles. The van der Waals surface area contributed by atoms with Gasteiger partial charge in [-0.2, -0.15) is 0 Å². The highest BCUT2D eigenvalue weighted by Crippen LogP contribution is 2.44. The SMILES string of the molecule is Cc1noc(C)c1COc1ccc(CC(=O)N2C[C@H](C(=O)O)[C@@H](C3CC3)C2)cc1. The molecule has 1 aliphatic heterocycles. The van der Waals surface area contributed by atoms with E-state index in [0.29, 0.717) is 31.4 Å². The predicted molar refractivity (Wildman–Crippen MR) is 104 cm³/mol. The molecule has 1 aromatic heterocycles. The van der Waals surface area contributed by atoms with Gasteiger partial charge in [0, 0.05) is 13.1 Å². The third-order valence-electron chi connectivity index (χ3n) is 6.11. The molecule has 2 atom stereocenters. The van der Waals surface area contributed by atoms with Gasteiger partial charge in [-0.15, -0.1) is 0 Å². The summed E-state index contributed by atoms with van der Waals surface area (Å²) in [6.07, 6.45) is 2.45. The number of aryl methyl sites for hydroxylation is 2. The molecule has 1 amide bonds. The zero-order chi connectivity index (χ0) is 20.5. The van der Waals surface area contributed by atoms with E-state index in [4.69, 9.17) is 9.26 Å². The molecule has 2 aromatic rings. The normalized spacial score (nSPS) is 21.4. The fourth-order valence-corrected chi connectivity index (χ4v) is 4.15. The molecular formula is C22H26N2O5. The zero-order valence-electron chi connectivity index (χ0n) is 16.8. The minimum Gasteiger partial charge on any atom is -0.489 e. The molecule has 29 heavy (non-hydrogen) atoms. The minimum absolute atomic E-state index is 0.0104. The van der Waals surface area contributed by atoms with E-state index in [2.05, 4.69) is 5.16 Å². The number of aromatic nitrogens is 1. The standard InChI is InChI=1S/C22H26N2O5/c1-13-20(14(2)29-23-13)12-28-17-7-3-15(4-8-17)9-21(25)24-10-18(16-5-6-16)19(11-24)22(26)27/h3-4,7-8,16,18-19H,5-6,9-12H2,1-2H3,(H,26,27)/t18-,19+/m1/s1. The molecule has 7 nitrogen and oxygen atoms in total. The summed E-state index contributed by atoms with van der Waals surface area (Å²) in [7, 11) is 0. The number of hydrogen-bond donors (Lipinski definition) is 1. The molecular weight excluding hydrogens is 372 g/mol. The van der Waals surface area contributed by atoms with Crippen LogP contribution in [0.25, 0.3) is 0 Å². The number of nitrogens with zero attached hydrogens (tertiary/aromatic N) is 2. The Morgan fingerprint density at radius 2 is 1.93 bits per heavy atom. The number of rotatable bonds is 7. The molecule has 0 spiro atoms. The van der Waals surface area contributed by atoms with E-state index < -0.39 is 11.9 Å². The first-order valence-corrected chi connectivity index (χ1v) is 10.1. The van der Waals surface area contributed by atoms with Gasteiger partial charge in [-0.3, -0.25) is 9.59 Å². The first-order valence-electron chi connectivity index (χ1n) is 10.1. The number of carboxylic acids is 1. The van der Waals surface area contributed by atoms with Gasteiger partial charge in [-0.25, -0.2) is 0 Å². The highest BCUT2D eigenvalue weighted by molar-refractivity contribution is 5.81. The molecule has 2 fully saturated rings. The Labute approximate surface area is 169 Å². The van der Waals surface area contributed by atoms with Gasteiger partial charge in [0.05, 0.1) is 23.6 Å². The van der Waals surface area contributed by atoms with E-state index in [9.17, 15) is 14.7 Å². The van der Waals surface area contributed by atoms with Crippen molar-refractivity contribution in [3.8, 4) is 5.75 Å². The number of benzene rings is 1. The summed E-state index contributed by atoms with van der Waals surface area (Å²) in [6.45, 7) is 5.01. The first kappa shape index (κ1) is 19.5. The number of carbonyl (C=O) groups is 2. The largest absolute Gasteiger partial charge is 0.489 e. The van der Waals surface area contributed by atoms with Gasteiger partial charge >= 0.3 is 5.97 Å². The fourth-order valence-electron chi connectivity index (χ4n) is 4.15. The van der Waals surface area contributed by atoms with E-state index >= 15 is 0 Å². The summed E-state index contributed by atoms with van der Waals surface area (Å²) in [6, 6.07) is 7.45. The molecule has 1 N–H and O–H groups in total. The molecule has 2 aliphatic rings. The molecule has 0 bridgehead atoms. The smallest absolute Gasteiger partial charge is 0.308 e. The van der Waals surface area contributed by atoms with Crippen molar-refractivity contribution in [3.63, 3.8) is 0 Å². The summed E-state index contributed by atoms with van der Waals surface area (Å²) >= 11 is 0. The van der Waals surface area contributed by atoms with E-state index in [0.717, 1.165) is 35.4 Å². The Bertz CT molecular complexity index is 881. The molecule has 1 aromatic carbocycles. The Morgan fingerprint density at radius 3 is 2.52 bits per heavy atom. The number of likely N-dealkylation sites (tertiary alicyclic amines) is 1. The Hall–Kier alpha value is -2.83. The molecule has 0 unspecified atom stereocenters. The van der Waals surface area contributed by atoms with Gasteiger partial charge < -0.3 is 19.3 Å². The van der Waals surface area contributed by atoms with Crippen molar-refractivity contribution in [2.24, 2.45) is 17.8 Å². The van der Waals surface area contributed by atoms with Crippen molar-refractivity contribution in [3.05, 3.63) is 46.8 Å². The van der Waals surface area contributed by atoms with Crippen molar-refractivity contribution in [1.29, 1.82) is 0 Å². The number of amides is 1. The molecule has 1 saturated carbocycles. The maximum absolute atomic E-state index is 12.7. The lowest BCUT2D eigenvalue weighted by Gasteiger charge is -2.16. The predicted octanol–water partition coefficient (Wildman–Crippen LogP) is 2.98. The van der Waals surface area contributed by atoms with Crippen LogP contribution in [-0.2, 0) is 22.6 Å². The third-order valence-corrected chi connectivity index (χ3v) is 6.11. The first-order chi connectivity index (χ1) is 13.9. The number of ether oxygens (including phenoxy) is 1. The van der Waals surface area contributed by atoms with Gasteiger partial charge in [-0.1, -0.05) is 17.3 Å². The summed E-state index contributed by atoms with van der Waals surface area (Å²) in [4.78, 5) is 26.0. The lowest BCUT2D eigenvalue weighted by Crippen LogP contribution is -2.31. The second-order valence-electron chi connectivity index (χ2n) is 8.16. The van der Waals surface area contributed by atoms with Crippen LogP contribution in [0.5, 0.6) is 5.75 Å².